The number of hydrogen-bond acceptors (Lipinski definition) is 4. The molecule has 0 spiro atoms. The van der Waals surface area contributed by atoms with E-state index in [-0.39, 0.29) is 22.6 Å². The van der Waals surface area contributed by atoms with Crippen molar-refractivity contribution in [2.75, 3.05) is 0 Å². The van der Waals surface area contributed by atoms with Crippen LogP contribution >= 0.6 is 12.2 Å². The second-order valence-electron chi connectivity index (χ2n) is 5.80. The molecular formula is C18H18N4O2S. The zero-order valence-corrected chi connectivity index (χ0v) is 14.8. The Morgan fingerprint density at radius 3 is 2.68 bits per heavy atom. The summed E-state index contributed by atoms with van der Waals surface area (Å²) in [6.07, 6.45) is 5.66. The van der Waals surface area contributed by atoms with E-state index in [1.54, 1.807) is 23.2 Å². The van der Waals surface area contributed by atoms with Crippen molar-refractivity contribution in [2.24, 2.45) is 0 Å². The number of para-hydroxylation sites is 1. The molecule has 0 radical (unpaired) electrons. The molecule has 6 nitrogen and oxygen atoms in total. The summed E-state index contributed by atoms with van der Waals surface area (Å²) in [6, 6.07) is 9.51. The highest BCUT2D eigenvalue weighted by atomic mass is 32.1. The number of aromatic nitrogens is 2. The van der Waals surface area contributed by atoms with Crippen LogP contribution in [0.1, 0.15) is 25.8 Å². The molecule has 1 atom stereocenters. The lowest BCUT2D eigenvalue weighted by Gasteiger charge is -2.33. The quantitative estimate of drug-likeness (QED) is 0.520. The van der Waals surface area contributed by atoms with E-state index in [0.29, 0.717) is 5.56 Å². The van der Waals surface area contributed by atoms with Crippen molar-refractivity contribution in [1.29, 1.82) is 0 Å². The number of benzene rings is 1. The van der Waals surface area contributed by atoms with Crippen LogP contribution in [0.2, 0.25) is 0 Å². The van der Waals surface area contributed by atoms with Crippen LogP contribution in [0.25, 0.3) is 11.8 Å². The fourth-order valence-corrected chi connectivity index (χ4v) is 2.91. The van der Waals surface area contributed by atoms with Crippen molar-refractivity contribution in [1.82, 2.24) is 20.0 Å². The van der Waals surface area contributed by atoms with Gasteiger partial charge >= 0.3 is 0 Å². The van der Waals surface area contributed by atoms with E-state index in [0.717, 1.165) is 12.1 Å². The molecule has 2 aromatic rings. The van der Waals surface area contributed by atoms with Crippen LogP contribution in [0, 0.1) is 0 Å². The zero-order chi connectivity index (χ0) is 18.0. The smallest absolute Gasteiger partial charge is 0.265 e. The van der Waals surface area contributed by atoms with Crippen LogP contribution in [-0.4, -0.2) is 37.6 Å². The Balaban J connectivity index is 1.92. The van der Waals surface area contributed by atoms with Crippen molar-refractivity contribution in [3.05, 3.63) is 53.9 Å². The molecule has 1 aliphatic heterocycles. The van der Waals surface area contributed by atoms with Crippen LogP contribution in [0.15, 0.2) is 48.3 Å². The van der Waals surface area contributed by atoms with Crippen molar-refractivity contribution in [3.8, 4) is 5.69 Å². The molecule has 128 valence electrons. The standard InChI is InChI=1S/C18H18N4O2S/c1-3-12(2)22-17(24)15(16(23)20-18(22)25)9-13-10-19-21(11-13)14-7-5-4-6-8-14/h4-12H,3H2,1-2H3,(H,20,23,25)/b15-9-/t12-/m0/s1. The summed E-state index contributed by atoms with van der Waals surface area (Å²) in [5, 5.41) is 7.02. The van der Waals surface area contributed by atoms with Gasteiger partial charge in [0.15, 0.2) is 5.11 Å². The first-order valence-corrected chi connectivity index (χ1v) is 8.42. The van der Waals surface area contributed by atoms with E-state index in [1.807, 2.05) is 44.2 Å². The number of hydrogen-bond donors (Lipinski definition) is 1. The molecule has 7 heteroatoms. The number of carbonyl (C=O) groups is 2. The normalized spacial score (nSPS) is 17.8. The maximum Gasteiger partial charge on any atom is 0.265 e. The highest BCUT2D eigenvalue weighted by Gasteiger charge is 2.35. The van der Waals surface area contributed by atoms with E-state index >= 15 is 0 Å². The molecule has 0 saturated carbocycles. The summed E-state index contributed by atoms with van der Waals surface area (Å²) >= 11 is 5.14. The Morgan fingerprint density at radius 2 is 2.00 bits per heavy atom. The molecule has 1 aromatic carbocycles. The first-order valence-electron chi connectivity index (χ1n) is 8.02. The number of carbonyl (C=O) groups excluding carboxylic acids is 2. The van der Waals surface area contributed by atoms with Crippen molar-refractivity contribution < 1.29 is 9.59 Å². The Morgan fingerprint density at radius 1 is 1.28 bits per heavy atom. The van der Waals surface area contributed by atoms with Gasteiger partial charge in [0, 0.05) is 17.8 Å². The first kappa shape index (κ1) is 17.0. The second-order valence-corrected chi connectivity index (χ2v) is 6.19. The number of amides is 2. The average Bonchev–Trinajstić information content (AvgIpc) is 3.07. The second kappa shape index (κ2) is 6.98. The van der Waals surface area contributed by atoms with Crippen molar-refractivity contribution >= 4 is 35.2 Å². The molecule has 0 unspecified atom stereocenters. The number of nitrogens with one attached hydrogen (secondary N) is 1. The van der Waals surface area contributed by atoms with Crippen LogP contribution < -0.4 is 5.32 Å². The summed E-state index contributed by atoms with van der Waals surface area (Å²) in [5.74, 6) is -0.863. The summed E-state index contributed by atoms with van der Waals surface area (Å²) in [4.78, 5) is 26.4. The van der Waals surface area contributed by atoms with E-state index in [4.69, 9.17) is 12.2 Å². The Hall–Kier alpha value is -2.80. The molecule has 1 fully saturated rings. The highest BCUT2D eigenvalue weighted by molar-refractivity contribution is 7.80. The summed E-state index contributed by atoms with van der Waals surface area (Å²) in [7, 11) is 0. The molecule has 2 amide bonds. The van der Waals surface area contributed by atoms with Crippen LogP contribution in [0.4, 0.5) is 0 Å². The van der Waals surface area contributed by atoms with Gasteiger partial charge in [-0.05, 0) is 43.8 Å². The third-order valence-corrected chi connectivity index (χ3v) is 4.40. The van der Waals surface area contributed by atoms with Crippen LogP contribution in [-0.2, 0) is 9.59 Å². The molecule has 25 heavy (non-hydrogen) atoms. The summed E-state index contributed by atoms with van der Waals surface area (Å²) < 4.78 is 1.69. The summed E-state index contributed by atoms with van der Waals surface area (Å²) in [6.45, 7) is 3.86. The first-order chi connectivity index (χ1) is 12.0. The van der Waals surface area contributed by atoms with Gasteiger partial charge in [0.25, 0.3) is 11.8 Å². The molecule has 2 heterocycles. The van der Waals surface area contributed by atoms with Gasteiger partial charge in [0.1, 0.15) is 5.57 Å². The van der Waals surface area contributed by atoms with E-state index in [9.17, 15) is 9.59 Å². The topological polar surface area (TPSA) is 67.2 Å². The third-order valence-electron chi connectivity index (χ3n) is 4.10. The highest BCUT2D eigenvalue weighted by Crippen LogP contribution is 2.18. The SMILES string of the molecule is CC[C@H](C)N1C(=O)/C(=C\c2cnn(-c3ccccc3)c2)C(=O)NC1=S. The molecule has 3 rings (SSSR count). The Bertz CT molecular complexity index is 857. The van der Waals surface area contributed by atoms with Gasteiger partial charge in [-0.25, -0.2) is 4.68 Å². The predicted molar refractivity (Wildman–Crippen MR) is 98.9 cm³/mol. The Labute approximate surface area is 151 Å². The maximum absolute atomic E-state index is 12.7. The lowest BCUT2D eigenvalue weighted by atomic mass is 10.1. The van der Waals surface area contributed by atoms with Gasteiger partial charge in [0.2, 0.25) is 0 Å². The largest absolute Gasteiger partial charge is 0.298 e. The minimum absolute atomic E-state index is 0.0570. The number of rotatable bonds is 4. The number of thiocarbonyl (C=S) groups is 1. The average molecular weight is 354 g/mol. The van der Waals surface area contributed by atoms with Crippen molar-refractivity contribution in [3.63, 3.8) is 0 Å². The van der Waals surface area contributed by atoms with Crippen LogP contribution in [0.3, 0.4) is 0 Å². The fraction of sp³-hybridized carbons (Fsp3) is 0.222. The molecule has 1 aliphatic rings. The van der Waals surface area contributed by atoms with Gasteiger partial charge in [-0.2, -0.15) is 5.10 Å². The molecule has 0 bridgehead atoms. The van der Waals surface area contributed by atoms with Gasteiger partial charge in [-0.3, -0.25) is 19.8 Å². The maximum atomic E-state index is 12.7. The molecule has 1 aromatic heterocycles. The zero-order valence-electron chi connectivity index (χ0n) is 14.0. The molecule has 1 saturated heterocycles. The van der Waals surface area contributed by atoms with E-state index in [2.05, 4.69) is 10.4 Å². The van der Waals surface area contributed by atoms with E-state index in [1.165, 1.54) is 4.90 Å². The lowest BCUT2D eigenvalue weighted by molar-refractivity contribution is -0.130. The fourth-order valence-electron chi connectivity index (χ4n) is 2.55. The molecule has 0 aliphatic carbocycles. The van der Waals surface area contributed by atoms with Gasteiger partial charge < -0.3 is 0 Å². The Kier molecular flexibility index (Phi) is 4.76. The minimum atomic E-state index is -0.484. The number of nitrogens with zero attached hydrogens (tertiary/aromatic N) is 3. The summed E-state index contributed by atoms with van der Waals surface area (Å²) in [5.41, 5.74) is 1.62. The van der Waals surface area contributed by atoms with E-state index < -0.39 is 5.91 Å². The molecule has 1 N–H and O–H groups in total. The molecular weight excluding hydrogens is 336 g/mol. The monoisotopic (exact) mass is 354 g/mol. The van der Waals surface area contributed by atoms with Gasteiger partial charge in [-0.1, -0.05) is 25.1 Å². The predicted octanol–water partition coefficient (Wildman–Crippen LogP) is 2.30. The lowest BCUT2D eigenvalue weighted by Crippen LogP contribution is -2.56. The van der Waals surface area contributed by atoms with Gasteiger partial charge in [-0.15, -0.1) is 0 Å². The third kappa shape index (κ3) is 3.36. The van der Waals surface area contributed by atoms with Crippen LogP contribution in [0.5, 0.6) is 0 Å². The minimum Gasteiger partial charge on any atom is -0.298 e. The van der Waals surface area contributed by atoms with Crippen molar-refractivity contribution in [2.45, 2.75) is 26.3 Å². The van der Waals surface area contributed by atoms with Gasteiger partial charge in [0.05, 0.1) is 11.9 Å².